The van der Waals surface area contributed by atoms with Gasteiger partial charge in [-0.3, -0.25) is 0 Å². The normalized spacial score (nSPS) is 14.7. The first-order valence-electron chi connectivity index (χ1n) is 11.0. The van der Waals surface area contributed by atoms with Crippen molar-refractivity contribution in [2.45, 2.75) is 30.7 Å². The van der Waals surface area contributed by atoms with Crippen molar-refractivity contribution in [1.29, 1.82) is 0 Å². The largest absolute Gasteiger partial charge is 0.490 e. The van der Waals surface area contributed by atoms with Crippen molar-refractivity contribution < 1.29 is 17.9 Å². The summed E-state index contributed by atoms with van der Waals surface area (Å²) in [6, 6.07) is 22.5. The molecule has 0 saturated carbocycles. The van der Waals surface area contributed by atoms with E-state index in [0.717, 1.165) is 38.9 Å². The van der Waals surface area contributed by atoms with Gasteiger partial charge in [-0.2, -0.15) is 4.72 Å². The highest BCUT2D eigenvalue weighted by molar-refractivity contribution is 7.89. The van der Waals surface area contributed by atoms with E-state index < -0.39 is 16.1 Å². The Morgan fingerprint density at radius 1 is 0.939 bits per heavy atom. The lowest BCUT2D eigenvalue weighted by Gasteiger charge is -2.21. The molecule has 1 atom stereocenters. The number of aryl methyl sites for hydroxylation is 1. The summed E-state index contributed by atoms with van der Waals surface area (Å²) in [5.74, 6) is 1.03. The van der Waals surface area contributed by atoms with Crippen molar-refractivity contribution in [1.82, 2.24) is 4.72 Å². The zero-order chi connectivity index (χ0) is 22.8. The smallest absolute Gasteiger partial charge is 0.241 e. The minimum absolute atomic E-state index is 0.159. The second-order valence-electron chi connectivity index (χ2n) is 7.95. The number of fused-ring (bicyclic) bond motifs is 2. The highest BCUT2D eigenvalue weighted by Gasteiger charge is 2.27. The van der Waals surface area contributed by atoms with E-state index in [0.29, 0.717) is 24.7 Å². The summed E-state index contributed by atoms with van der Waals surface area (Å²) in [5.41, 5.74) is 2.07. The van der Waals surface area contributed by atoms with Crippen LogP contribution in [-0.2, 0) is 16.4 Å². The molecular weight excluding hydrogens is 454 g/mol. The number of hydrogen-bond acceptors (Lipinski definition) is 5. The van der Waals surface area contributed by atoms with Gasteiger partial charge in [0.1, 0.15) is 0 Å². The lowest BCUT2D eigenvalue weighted by Crippen LogP contribution is -2.29. The summed E-state index contributed by atoms with van der Waals surface area (Å²) in [4.78, 5) is 1.11. The van der Waals surface area contributed by atoms with Crippen molar-refractivity contribution in [2.75, 3.05) is 13.2 Å². The predicted octanol–water partition coefficient (Wildman–Crippen LogP) is 5.69. The quantitative estimate of drug-likeness (QED) is 0.386. The molecule has 1 N–H and O–H groups in total. The fourth-order valence-corrected chi connectivity index (χ4v) is 6.51. The van der Waals surface area contributed by atoms with E-state index in [9.17, 15) is 8.42 Å². The van der Waals surface area contributed by atoms with Crippen molar-refractivity contribution >= 4 is 31.4 Å². The molecule has 0 aliphatic carbocycles. The Bertz CT molecular complexity index is 1360. The van der Waals surface area contributed by atoms with Crippen LogP contribution in [0, 0.1) is 0 Å². The van der Waals surface area contributed by atoms with Crippen LogP contribution in [0.25, 0.3) is 10.1 Å². The minimum Gasteiger partial charge on any atom is -0.490 e. The Morgan fingerprint density at radius 3 is 2.52 bits per heavy atom. The first kappa shape index (κ1) is 21.9. The van der Waals surface area contributed by atoms with E-state index in [1.54, 1.807) is 29.5 Å². The van der Waals surface area contributed by atoms with E-state index in [1.165, 1.54) is 0 Å². The summed E-state index contributed by atoms with van der Waals surface area (Å²) < 4.78 is 42.6. The SMILES string of the molecule is CCc1ccccc1[C@H](NS(=O)(=O)c1ccc2c(c1)OCCCO2)c1cc2ccccc2s1. The van der Waals surface area contributed by atoms with Gasteiger partial charge in [0, 0.05) is 22.1 Å². The lowest BCUT2D eigenvalue weighted by molar-refractivity contribution is 0.297. The van der Waals surface area contributed by atoms with Crippen molar-refractivity contribution in [2.24, 2.45) is 0 Å². The predicted molar refractivity (Wildman–Crippen MR) is 132 cm³/mol. The molecule has 0 radical (unpaired) electrons. The third kappa shape index (κ3) is 4.49. The molecule has 170 valence electrons. The molecule has 3 aromatic carbocycles. The average molecular weight is 480 g/mol. The number of benzene rings is 3. The first-order chi connectivity index (χ1) is 16.0. The van der Waals surface area contributed by atoms with E-state index in [-0.39, 0.29) is 4.90 Å². The van der Waals surface area contributed by atoms with Gasteiger partial charge in [-0.25, -0.2) is 8.42 Å². The molecule has 5 rings (SSSR count). The van der Waals surface area contributed by atoms with Gasteiger partial charge in [0.25, 0.3) is 0 Å². The van der Waals surface area contributed by atoms with Crippen LogP contribution in [0.5, 0.6) is 11.5 Å². The van der Waals surface area contributed by atoms with Crippen molar-refractivity contribution in [3.63, 3.8) is 0 Å². The van der Waals surface area contributed by atoms with Crippen LogP contribution < -0.4 is 14.2 Å². The number of sulfonamides is 1. The van der Waals surface area contributed by atoms with Gasteiger partial charge in [-0.15, -0.1) is 11.3 Å². The summed E-state index contributed by atoms with van der Waals surface area (Å²) in [7, 11) is -3.84. The van der Waals surface area contributed by atoms with Gasteiger partial charge in [-0.05, 0) is 47.2 Å². The molecule has 0 saturated heterocycles. The average Bonchev–Trinajstić information content (AvgIpc) is 3.12. The van der Waals surface area contributed by atoms with E-state index in [2.05, 4.69) is 35.9 Å². The Morgan fingerprint density at radius 2 is 1.70 bits per heavy atom. The van der Waals surface area contributed by atoms with Gasteiger partial charge in [0.2, 0.25) is 10.0 Å². The molecule has 0 bridgehead atoms. The Balaban J connectivity index is 1.57. The van der Waals surface area contributed by atoms with Crippen LogP contribution in [0.4, 0.5) is 0 Å². The van der Waals surface area contributed by atoms with Gasteiger partial charge < -0.3 is 9.47 Å². The number of ether oxygens (including phenoxy) is 2. The fraction of sp³-hybridized carbons (Fsp3) is 0.231. The molecule has 0 fully saturated rings. The highest BCUT2D eigenvalue weighted by atomic mass is 32.2. The molecule has 1 aliphatic heterocycles. The van der Waals surface area contributed by atoms with E-state index in [1.807, 2.05) is 30.3 Å². The molecule has 5 nitrogen and oxygen atoms in total. The van der Waals surface area contributed by atoms with Crippen LogP contribution in [0.2, 0.25) is 0 Å². The molecule has 1 aliphatic rings. The van der Waals surface area contributed by atoms with Crippen LogP contribution in [0.15, 0.2) is 77.7 Å². The maximum Gasteiger partial charge on any atom is 0.241 e. The van der Waals surface area contributed by atoms with Crippen LogP contribution in [0.1, 0.15) is 35.4 Å². The van der Waals surface area contributed by atoms with Crippen LogP contribution in [-0.4, -0.2) is 21.6 Å². The minimum atomic E-state index is -3.84. The molecule has 0 spiro atoms. The second-order valence-corrected chi connectivity index (χ2v) is 10.8. The molecule has 0 amide bonds. The fourth-order valence-electron chi connectivity index (χ4n) is 4.09. The monoisotopic (exact) mass is 479 g/mol. The van der Waals surface area contributed by atoms with Crippen molar-refractivity contribution in [3.8, 4) is 11.5 Å². The maximum atomic E-state index is 13.6. The third-order valence-corrected chi connectivity index (χ3v) is 8.38. The summed E-state index contributed by atoms with van der Waals surface area (Å²) in [6.07, 6.45) is 1.57. The van der Waals surface area contributed by atoms with E-state index >= 15 is 0 Å². The number of hydrogen-bond donors (Lipinski definition) is 1. The Labute approximate surface area is 198 Å². The molecule has 33 heavy (non-hydrogen) atoms. The zero-order valence-corrected chi connectivity index (χ0v) is 19.9. The highest BCUT2D eigenvalue weighted by Crippen LogP contribution is 2.37. The Hall–Kier alpha value is -2.87. The van der Waals surface area contributed by atoms with Gasteiger partial charge in [-0.1, -0.05) is 49.4 Å². The maximum absolute atomic E-state index is 13.6. The summed E-state index contributed by atoms with van der Waals surface area (Å²) >= 11 is 1.61. The van der Waals surface area contributed by atoms with Crippen LogP contribution in [0.3, 0.4) is 0 Å². The van der Waals surface area contributed by atoms with Crippen LogP contribution >= 0.6 is 11.3 Å². The van der Waals surface area contributed by atoms with Crippen molar-refractivity contribution in [3.05, 3.63) is 88.8 Å². The number of nitrogens with one attached hydrogen (secondary N) is 1. The molecule has 7 heteroatoms. The summed E-state index contributed by atoms with van der Waals surface area (Å²) in [5, 5.41) is 1.10. The van der Waals surface area contributed by atoms with Gasteiger partial charge in [0.05, 0.1) is 24.2 Å². The Kier molecular flexibility index (Phi) is 6.10. The summed E-state index contributed by atoms with van der Waals surface area (Å²) in [6.45, 7) is 3.14. The first-order valence-corrected chi connectivity index (χ1v) is 13.3. The topological polar surface area (TPSA) is 64.6 Å². The molecule has 0 unspecified atom stereocenters. The lowest BCUT2D eigenvalue weighted by atomic mass is 9.98. The zero-order valence-electron chi connectivity index (χ0n) is 18.3. The number of rotatable bonds is 6. The molecular formula is C26H25NO4S2. The standard InChI is InChI=1S/C26H25NO4S2/c1-2-18-8-3-5-10-21(18)26(25-16-19-9-4-6-11-24(19)32-25)27-33(28,29)20-12-13-22-23(17-20)31-15-7-14-30-22/h3-6,8-13,16-17,26-27H,2,7,14-15H2,1H3/t26-/m0/s1. The third-order valence-electron chi connectivity index (χ3n) is 5.78. The van der Waals surface area contributed by atoms with E-state index in [4.69, 9.17) is 9.47 Å². The van der Waals surface area contributed by atoms with Gasteiger partial charge in [0.15, 0.2) is 11.5 Å². The molecule has 2 heterocycles. The van der Waals surface area contributed by atoms with Gasteiger partial charge >= 0.3 is 0 Å². The number of thiophene rings is 1. The molecule has 1 aromatic heterocycles. The second kappa shape index (κ2) is 9.17. The molecule has 4 aromatic rings.